The van der Waals surface area contributed by atoms with Gasteiger partial charge < -0.3 is 5.32 Å². The highest BCUT2D eigenvalue weighted by molar-refractivity contribution is 7.91. The van der Waals surface area contributed by atoms with Crippen molar-refractivity contribution in [3.8, 4) is 0 Å². The second-order valence-electron chi connectivity index (χ2n) is 6.94. The second kappa shape index (κ2) is 8.35. The average Bonchev–Trinajstić information content (AvgIpc) is 3.17. The van der Waals surface area contributed by atoms with E-state index in [1.807, 2.05) is 24.4 Å². The van der Waals surface area contributed by atoms with Crippen LogP contribution in [0.25, 0.3) is 0 Å². The SMILES string of the molecule is Cc1ccc(S(=O)(=O)[C@H](CNC(=O)C2CCCCC2)c2cccs2)cc1. The fourth-order valence-electron chi connectivity index (χ4n) is 3.43. The molecule has 1 aromatic heterocycles. The van der Waals surface area contributed by atoms with Crippen LogP contribution in [0.2, 0.25) is 0 Å². The zero-order valence-electron chi connectivity index (χ0n) is 15.0. The monoisotopic (exact) mass is 391 g/mol. The Hall–Kier alpha value is -1.66. The smallest absolute Gasteiger partial charge is 0.223 e. The molecule has 1 saturated carbocycles. The van der Waals surface area contributed by atoms with Gasteiger partial charge in [-0.25, -0.2) is 8.42 Å². The van der Waals surface area contributed by atoms with Gasteiger partial charge in [0.05, 0.1) is 4.90 Å². The number of rotatable bonds is 6. The number of hydrogen-bond donors (Lipinski definition) is 1. The van der Waals surface area contributed by atoms with E-state index in [1.54, 1.807) is 24.3 Å². The molecular weight excluding hydrogens is 366 g/mol. The lowest BCUT2D eigenvalue weighted by molar-refractivity contribution is -0.125. The number of thiophene rings is 1. The van der Waals surface area contributed by atoms with Crippen molar-refractivity contribution >= 4 is 27.1 Å². The molecular formula is C20H25NO3S2. The molecule has 0 bridgehead atoms. The van der Waals surface area contributed by atoms with Gasteiger partial charge >= 0.3 is 0 Å². The minimum absolute atomic E-state index is 0.00892. The summed E-state index contributed by atoms with van der Waals surface area (Å²) in [5.41, 5.74) is 1.02. The molecule has 1 atom stereocenters. The predicted octanol–water partition coefficient (Wildman–Crippen LogP) is 4.27. The summed E-state index contributed by atoms with van der Waals surface area (Å²) in [7, 11) is -3.57. The molecule has 1 aliphatic rings. The fraction of sp³-hybridized carbons (Fsp3) is 0.450. The lowest BCUT2D eigenvalue weighted by Gasteiger charge is -2.23. The second-order valence-corrected chi connectivity index (χ2v) is 10.1. The standard InChI is InChI=1S/C20H25NO3S2/c1-15-9-11-17(12-10-15)26(23,24)19(18-8-5-13-25-18)14-21-20(22)16-6-3-2-4-7-16/h5,8-13,16,19H,2-4,6-7,14H2,1H3,(H,21,22)/t19-/m1/s1. The van der Waals surface area contributed by atoms with Crippen molar-refractivity contribution in [3.05, 3.63) is 52.2 Å². The van der Waals surface area contributed by atoms with E-state index in [0.29, 0.717) is 4.90 Å². The summed E-state index contributed by atoms with van der Waals surface area (Å²) >= 11 is 1.41. The van der Waals surface area contributed by atoms with Gasteiger partial charge in [-0.15, -0.1) is 11.3 Å². The van der Waals surface area contributed by atoms with Crippen molar-refractivity contribution in [2.45, 2.75) is 49.2 Å². The molecule has 0 spiro atoms. The number of sulfone groups is 1. The third-order valence-corrected chi connectivity index (χ3v) is 8.26. The van der Waals surface area contributed by atoms with Gasteiger partial charge in [0, 0.05) is 17.3 Å². The van der Waals surface area contributed by atoms with Crippen LogP contribution >= 0.6 is 11.3 Å². The number of benzene rings is 1. The van der Waals surface area contributed by atoms with Crippen LogP contribution in [-0.2, 0) is 14.6 Å². The van der Waals surface area contributed by atoms with E-state index in [1.165, 1.54) is 17.8 Å². The number of hydrogen-bond acceptors (Lipinski definition) is 4. The maximum atomic E-state index is 13.2. The molecule has 140 valence electrons. The third-order valence-electron chi connectivity index (χ3n) is 5.02. The molecule has 1 heterocycles. The summed E-state index contributed by atoms with van der Waals surface area (Å²) in [6, 6.07) is 10.6. The first kappa shape index (κ1) is 19.1. The third kappa shape index (κ3) is 4.35. The van der Waals surface area contributed by atoms with Crippen molar-refractivity contribution in [1.82, 2.24) is 5.32 Å². The van der Waals surface area contributed by atoms with Crippen molar-refractivity contribution in [3.63, 3.8) is 0 Å². The van der Waals surface area contributed by atoms with Crippen molar-refractivity contribution < 1.29 is 13.2 Å². The highest BCUT2D eigenvalue weighted by atomic mass is 32.2. The number of amides is 1. The van der Waals surface area contributed by atoms with E-state index >= 15 is 0 Å². The molecule has 0 saturated heterocycles. The number of nitrogens with one attached hydrogen (secondary N) is 1. The van der Waals surface area contributed by atoms with E-state index < -0.39 is 15.1 Å². The van der Waals surface area contributed by atoms with Crippen LogP contribution in [0.3, 0.4) is 0 Å². The zero-order valence-corrected chi connectivity index (χ0v) is 16.6. The number of carbonyl (C=O) groups is 1. The van der Waals surface area contributed by atoms with Crippen LogP contribution in [0.1, 0.15) is 47.8 Å². The summed E-state index contributed by atoms with van der Waals surface area (Å²) in [5, 5.41) is 4.04. The molecule has 1 fully saturated rings. The Labute approximate surface area is 159 Å². The van der Waals surface area contributed by atoms with E-state index in [-0.39, 0.29) is 18.4 Å². The highest BCUT2D eigenvalue weighted by Crippen LogP contribution is 2.32. The average molecular weight is 392 g/mol. The van der Waals surface area contributed by atoms with Gasteiger partial charge in [-0.1, -0.05) is 43.0 Å². The minimum atomic E-state index is -3.57. The Morgan fingerprint density at radius 1 is 1.15 bits per heavy atom. The van der Waals surface area contributed by atoms with E-state index in [9.17, 15) is 13.2 Å². The van der Waals surface area contributed by atoms with Crippen LogP contribution in [-0.4, -0.2) is 20.9 Å². The molecule has 3 rings (SSSR count). The minimum Gasteiger partial charge on any atom is -0.354 e. The molecule has 4 nitrogen and oxygen atoms in total. The van der Waals surface area contributed by atoms with Gasteiger partial charge in [0.1, 0.15) is 5.25 Å². The normalized spacial score (nSPS) is 17.0. The molecule has 1 aliphatic carbocycles. The van der Waals surface area contributed by atoms with Crippen LogP contribution in [0.5, 0.6) is 0 Å². The Bertz CT molecular complexity index is 820. The summed E-state index contributed by atoms with van der Waals surface area (Å²) in [5.74, 6) is 0.0141. The molecule has 26 heavy (non-hydrogen) atoms. The Kier molecular flexibility index (Phi) is 6.14. The van der Waals surface area contributed by atoms with Crippen LogP contribution in [0, 0.1) is 12.8 Å². The number of carbonyl (C=O) groups excluding carboxylic acids is 1. The molecule has 0 aliphatic heterocycles. The van der Waals surface area contributed by atoms with Crippen molar-refractivity contribution in [1.29, 1.82) is 0 Å². The molecule has 1 amide bonds. The zero-order chi connectivity index (χ0) is 18.6. The van der Waals surface area contributed by atoms with Gasteiger partial charge in [-0.2, -0.15) is 0 Å². The van der Waals surface area contributed by atoms with Crippen LogP contribution in [0.15, 0.2) is 46.7 Å². The first-order valence-corrected chi connectivity index (χ1v) is 11.5. The van der Waals surface area contributed by atoms with Gasteiger partial charge in [0.25, 0.3) is 0 Å². The van der Waals surface area contributed by atoms with Gasteiger partial charge in [-0.05, 0) is 43.3 Å². The lowest BCUT2D eigenvalue weighted by atomic mass is 9.89. The Morgan fingerprint density at radius 3 is 2.46 bits per heavy atom. The van der Waals surface area contributed by atoms with Crippen LogP contribution < -0.4 is 5.32 Å². The molecule has 0 radical (unpaired) electrons. The van der Waals surface area contributed by atoms with Gasteiger partial charge in [0.15, 0.2) is 9.84 Å². The molecule has 6 heteroatoms. The Morgan fingerprint density at radius 2 is 1.85 bits per heavy atom. The molecule has 1 aromatic carbocycles. The largest absolute Gasteiger partial charge is 0.354 e. The van der Waals surface area contributed by atoms with E-state index in [0.717, 1.165) is 36.1 Å². The summed E-state index contributed by atoms with van der Waals surface area (Å²) in [4.78, 5) is 13.5. The quantitative estimate of drug-likeness (QED) is 0.800. The summed E-state index contributed by atoms with van der Waals surface area (Å²) in [6.45, 7) is 2.05. The molecule has 1 N–H and O–H groups in total. The fourth-order valence-corrected chi connectivity index (χ4v) is 6.22. The lowest BCUT2D eigenvalue weighted by Crippen LogP contribution is -2.36. The van der Waals surface area contributed by atoms with E-state index in [4.69, 9.17) is 0 Å². The van der Waals surface area contributed by atoms with Gasteiger partial charge in [0.2, 0.25) is 5.91 Å². The molecule has 0 unspecified atom stereocenters. The first-order chi connectivity index (χ1) is 12.5. The first-order valence-electron chi connectivity index (χ1n) is 9.10. The number of aryl methyl sites for hydroxylation is 1. The summed E-state index contributed by atoms with van der Waals surface area (Å²) in [6.07, 6.45) is 5.14. The van der Waals surface area contributed by atoms with Crippen molar-refractivity contribution in [2.75, 3.05) is 6.54 Å². The van der Waals surface area contributed by atoms with Crippen LogP contribution in [0.4, 0.5) is 0 Å². The Balaban J connectivity index is 1.79. The maximum Gasteiger partial charge on any atom is 0.223 e. The maximum absolute atomic E-state index is 13.2. The van der Waals surface area contributed by atoms with Gasteiger partial charge in [-0.3, -0.25) is 4.79 Å². The highest BCUT2D eigenvalue weighted by Gasteiger charge is 2.31. The van der Waals surface area contributed by atoms with E-state index in [2.05, 4.69) is 5.32 Å². The topological polar surface area (TPSA) is 63.2 Å². The predicted molar refractivity (Wildman–Crippen MR) is 105 cm³/mol. The van der Waals surface area contributed by atoms with Crippen molar-refractivity contribution in [2.24, 2.45) is 5.92 Å². The summed E-state index contributed by atoms with van der Waals surface area (Å²) < 4.78 is 26.4. The molecule has 2 aromatic rings.